The standard InChI is InChI=1S/C13H9Br2FO/c14-10-4-6-11(7-5-10)17-8-9-2-1-3-12(16)13(9)15/h1-7H,8H2. The van der Waals surface area contributed by atoms with E-state index in [0.717, 1.165) is 15.8 Å². The number of halogens is 3. The van der Waals surface area contributed by atoms with Crippen LogP contribution >= 0.6 is 31.9 Å². The Morgan fingerprint density at radius 1 is 1.00 bits per heavy atom. The lowest BCUT2D eigenvalue weighted by Crippen LogP contribution is -1.97. The Morgan fingerprint density at radius 2 is 1.71 bits per heavy atom. The van der Waals surface area contributed by atoms with Crippen LogP contribution in [0.2, 0.25) is 0 Å². The molecular formula is C13H9Br2FO. The zero-order valence-corrected chi connectivity index (χ0v) is 12.0. The highest BCUT2D eigenvalue weighted by Gasteiger charge is 2.05. The van der Waals surface area contributed by atoms with Crippen LogP contribution in [0.5, 0.6) is 5.75 Å². The fraction of sp³-hybridized carbons (Fsp3) is 0.0769. The van der Waals surface area contributed by atoms with E-state index in [2.05, 4.69) is 31.9 Å². The van der Waals surface area contributed by atoms with E-state index >= 15 is 0 Å². The lowest BCUT2D eigenvalue weighted by atomic mass is 10.2. The first-order valence-corrected chi connectivity index (χ1v) is 6.56. The monoisotopic (exact) mass is 358 g/mol. The van der Waals surface area contributed by atoms with Gasteiger partial charge in [0.05, 0.1) is 4.47 Å². The molecule has 0 radical (unpaired) electrons. The Kier molecular flexibility index (Phi) is 4.18. The smallest absolute Gasteiger partial charge is 0.137 e. The maximum atomic E-state index is 13.2. The van der Waals surface area contributed by atoms with Crippen LogP contribution < -0.4 is 4.74 Å². The Labute approximate surface area is 116 Å². The number of rotatable bonds is 3. The van der Waals surface area contributed by atoms with Crippen molar-refractivity contribution in [3.8, 4) is 5.75 Å². The van der Waals surface area contributed by atoms with Crippen molar-refractivity contribution < 1.29 is 9.13 Å². The van der Waals surface area contributed by atoms with Gasteiger partial charge in [0.1, 0.15) is 18.2 Å². The van der Waals surface area contributed by atoms with Crippen LogP contribution in [-0.4, -0.2) is 0 Å². The molecule has 0 amide bonds. The molecule has 17 heavy (non-hydrogen) atoms. The largest absolute Gasteiger partial charge is 0.489 e. The minimum absolute atomic E-state index is 0.276. The van der Waals surface area contributed by atoms with Crippen molar-refractivity contribution in [1.29, 1.82) is 0 Å². The highest BCUT2D eigenvalue weighted by molar-refractivity contribution is 9.10. The second kappa shape index (κ2) is 5.65. The molecule has 2 rings (SSSR count). The summed E-state index contributed by atoms with van der Waals surface area (Å²) in [5.74, 6) is 0.478. The molecule has 0 unspecified atom stereocenters. The van der Waals surface area contributed by atoms with Crippen molar-refractivity contribution in [3.05, 3.63) is 62.8 Å². The molecule has 0 spiro atoms. The number of ether oxygens (including phenoxy) is 1. The number of hydrogen-bond donors (Lipinski definition) is 0. The number of benzene rings is 2. The molecule has 0 fully saturated rings. The molecule has 88 valence electrons. The maximum absolute atomic E-state index is 13.2. The summed E-state index contributed by atoms with van der Waals surface area (Å²) in [5, 5.41) is 0. The first kappa shape index (κ1) is 12.6. The second-order valence-corrected chi connectivity index (χ2v) is 5.16. The summed E-state index contributed by atoms with van der Waals surface area (Å²) in [5.41, 5.74) is 0.785. The summed E-state index contributed by atoms with van der Waals surface area (Å²) >= 11 is 6.55. The van der Waals surface area contributed by atoms with Crippen molar-refractivity contribution >= 4 is 31.9 Å². The normalized spacial score (nSPS) is 10.3. The third-order valence-corrected chi connectivity index (χ3v) is 3.66. The van der Waals surface area contributed by atoms with Crippen LogP contribution in [0.4, 0.5) is 4.39 Å². The molecule has 0 bridgehead atoms. The zero-order valence-electron chi connectivity index (χ0n) is 8.79. The highest BCUT2D eigenvalue weighted by Crippen LogP contribution is 2.23. The molecule has 1 nitrogen and oxygen atoms in total. The Balaban J connectivity index is 2.07. The minimum Gasteiger partial charge on any atom is -0.489 e. The minimum atomic E-state index is -0.276. The van der Waals surface area contributed by atoms with Gasteiger partial charge in [-0.15, -0.1) is 0 Å². The van der Waals surface area contributed by atoms with Gasteiger partial charge in [-0.05, 0) is 46.3 Å². The van der Waals surface area contributed by atoms with E-state index < -0.39 is 0 Å². The first-order chi connectivity index (χ1) is 8.16. The fourth-order valence-corrected chi connectivity index (χ4v) is 1.99. The van der Waals surface area contributed by atoms with Crippen LogP contribution in [-0.2, 0) is 6.61 Å². The van der Waals surface area contributed by atoms with Crippen LogP contribution in [0.1, 0.15) is 5.56 Å². The Morgan fingerprint density at radius 3 is 2.41 bits per heavy atom. The van der Waals surface area contributed by atoms with E-state index in [1.54, 1.807) is 6.07 Å². The molecule has 0 heterocycles. The molecule has 0 saturated heterocycles. The van der Waals surface area contributed by atoms with Crippen LogP contribution in [0.25, 0.3) is 0 Å². The summed E-state index contributed by atoms with van der Waals surface area (Å²) in [4.78, 5) is 0. The molecule has 0 aliphatic rings. The molecule has 0 aliphatic carbocycles. The second-order valence-electron chi connectivity index (χ2n) is 3.46. The van der Waals surface area contributed by atoms with Crippen molar-refractivity contribution in [2.75, 3.05) is 0 Å². The summed E-state index contributed by atoms with van der Waals surface area (Å²) in [6.07, 6.45) is 0. The van der Waals surface area contributed by atoms with Gasteiger partial charge in [0.15, 0.2) is 0 Å². The summed E-state index contributed by atoms with van der Waals surface area (Å²) < 4.78 is 20.3. The van der Waals surface area contributed by atoms with Gasteiger partial charge in [0.25, 0.3) is 0 Å². The lowest BCUT2D eigenvalue weighted by Gasteiger charge is -2.08. The van der Waals surface area contributed by atoms with Crippen molar-refractivity contribution in [2.24, 2.45) is 0 Å². The van der Waals surface area contributed by atoms with E-state index in [1.807, 2.05) is 30.3 Å². The molecule has 0 atom stereocenters. The van der Waals surface area contributed by atoms with E-state index in [0.29, 0.717) is 11.1 Å². The topological polar surface area (TPSA) is 9.23 Å². The van der Waals surface area contributed by atoms with Crippen LogP contribution in [0.15, 0.2) is 51.4 Å². The van der Waals surface area contributed by atoms with Gasteiger partial charge in [0, 0.05) is 10.0 Å². The third-order valence-electron chi connectivity index (χ3n) is 2.24. The molecule has 0 N–H and O–H groups in total. The molecule has 0 aliphatic heterocycles. The van der Waals surface area contributed by atoms with Gasteiger partial charge in [-0.3, -0.25) is 0 Å². The quantitative estimate of drug-likeness (QED) is 0.754. The van der Waals surface area contributed by atoms with Gasteiger partial charge >= 0.3 is 0 Å². The van der Waals surface area contributed by atoms with Gasteiger partial charge in [0.2, 0.25) is 0 Å². The van der Waals surface area contributed by atoms with E-state index in [9.17, 15) is 4.39 Å². The van der Waals surface area contributed by atoms with E-state index in [1.165, 1.54) is 6.07 Å². The Bertz CT molecular complexity index is 511. The predicted octanol–water partition coefficient (Wildman–Crippen LogP) is 4.93. The molecule has 4 heteroatoms. The molecule has 2 aromatic carbocycles. The summed E-state index contributed by atoms with van der Waals surface area (Å²) in [7, 11) is 0. The van der Waals surface area contributed by atoms with Gasteiger partial charge in [-0.1, -0.05) is 28.1 Å². The third kappa shape index (κ3) is 3.30. The molecule has 2 aromatic rings. The summed E-state index contributed by atoms with van der Waals surface area (Å²) in [6.45, 7) is 0.333. The fourth-order valence-electron chi connectivity index (χ4n) is 1.35. The van der Waals surface area contributed by atoms with Crippen molar-refractivity contribution in [1.82, 2.24) is 0 Å². The average Bonchev–Trinajstić information content (AvgIpc) is 2.33. The maximum Gasteiger partial charge on any atom is 0.137 e. The summed E-state index contributed by atoms with van der Waals surface area (Å²) in [6, 6.07) is 12.4. The van der Waals surface area contributed by atoms with Gasteiger partial charge in [-0.2, -0.15) is 0 Å². The van der Waals surface area contributed by atoms with Crippen LogP contribution in [0, 0.1) is 5.82 Å². The molecule has 0 saturated carbocycles. The van der Waals surface area contributed by atoms with Crippen molar-refractivity contribution in [3.63, 3.8) is 0 Å². The van der Waals surface area contributed by atoms with E-state index in [4.69, 9.17) is 4.74 Å². The predicted molar refractivity (Wildman–Crippen MR) is 72.6 cm³/mol. The lowest BCUT2D eigenvalue weighted by molar-refractivity contribution is 0.304. The highest BCUT2D eigenvalue weighted by atomic mass is 79.9. The van der Waals surface area contributed by atoms with E-state index in [-0.39, 0.29) is 5.82 Å². The van der Waals surface area contributed by atoms with Gasteiger partial charge < -0.3 is 4.74 Å². The first-order valence-electron chi connectivity index (χ1n) is 4.98. The molecular weight excluding hydrogens is 351 g/mol. The van der Waals surface area contributed by atoms with Crippen LogP contribution in [0.3, 0.4) is 0 Å². The molecule has 0 aromatic heterocycles. The van der Waals surface area contributed by atoms with Crippen molar-refractivity contribution in [2.45, 2.75) is 6.61 Å². The Hall–Kier alpha value is -0.870. The average molecular weight is 360 g/mol. The zero-order chi connectivity index (χ0) is 12.3. The number of hydrogen-bond acceptors (Lipinski definition) is 1. The van der Waals surface area contributed by atoms with Gasteiger partial charge in [-0.25, -0.2) is 4.39 Å². The SMILES string of the molecule is Fc1cccc(COc2ccc(Br)cc2)c1Br.